The summed E-state index contributed by atoms with van der Waals surface area (Å²) in [6.45, 7) is 8.23. The van der Waals surface area contributed by atoms with Gasteiger partial charge in [0.05, 0.1) is 20.3 Å². The van der Waals surface area contributed by atoms with Crippen molar-refractivity contribution >= 4 is 41.5 Å². The van der Waals surface area contributed by atoms with Gasteiger partial charge >= 0.3 is 0 Å². The minimum Gasteiger partial charge on any atom is -0.493 e. The number of halogens is 1. The monoisotopic (exact) mass is 554 g/mol. The maximum absolute atomic E-state index is 11.2. The second-order valence-electron chi connectivity index (χ2n) is 7.03. The molecule has 0 fully saturated rings. The number of aryl methyl sites for hydroxylation is 1. The molecule has 0 radical (unpaired) electrons. The summed E-state index contributed by atoms with van der Waals surface area (Å²) in [7, 11) is 1.65. The van der Waals surface area contributed by atoms with Crippen LogP contribution in [0, 0.1) is 0 Å². The SMILES string of the molecule is CCNC(=NCc1cccc(NC(C)=O)c1)NCCCc1ccc(OC)c(OCC)c1.I. The average Bonchev–Trinajstić information content (AvgIpc) is 2.75. The second kappa shape index (κ2) is 15.3. The molecule has 0 bridgehead atoms. The number of hydrogen-bond donors (Lipinski definition) is 3. The third-order valence-corrected chi connectivity index (χ3v) is 4.47. The molecule has 0 aromatic heterocycles. The summed E-state index contributed by atoms with van der Waals surface area (Å²) in [6.07, 6.45) is 1.88. The van der Waals surface area contributed by atoms with Gasteiger partial charge in [-0.2, -0.15) is 0 Å². The standard InChI is InChI=1S/C24H34N4O3.HI/c1-5-25-24(27-17-20-9-7-11-21(15-20)28-18(3)29)26-14-8-10-19-12-13-22(30-4)23(16-19)31-6-2;/h7,9,11-13,15-16H,5-6,8,10,14,17H2,1-4H3,(H,28,29)(H2,25,26,27);1H. The van der Waals surface area contributed by atoms with Gasteiger partial charge in [0.25, 0.3) is 0 Å². The Morgan fingerprint density at radius 3 is 2.53 bits per heavy atom. The van der Waals surface area contributed by atoms with Gasteiger partial charge in [0.15, 0.2) is 17.5 Å². The van der Waals surface area contributed by atoms with E-state index in [0.717, 1.165) is 54.6 Å². The molecule has 8 heteroatoms. The van der Waals surface area contributed by atoms with Crippen molar-refractivity contribution in [2.45, 2.75) is 40.2 Å². The Kier molecular flexibility index (Phi) is 13.2. The van der Waals surface area contributed by atoms with Crippen LogP contribution >= 0.6 is 24.0 Å². The van der Waals surface area contributed by atoms with Crippen LogP contribution in [0.3, 0.4) is 0 Å². The predicted molar refractivity (Wildman–Crippen MR) is 141 cm³/mol. The summed E-state index contributed by atoms with van der Waals surface area (Å²) in [5.74, 6) is 2.23. The molecule has 3 N–H and O–H groups in total. The molecule has 0 saturated heterocycles. The first-order valence-corrected chi connectivity index (χ1v) is 10.7. The van der Waals surface area contributed by atoms with Gasteiger partial charge in [0.1, 0.15) is 0 Å². The van der Waals surface area contributed by atoms with Gasteiger partial charge in [-0.05, 0) is 62.1 Å². The minimum atomic E-state index is -0.0825. The zero-order valence-corrected chi connectivity index (χ0v) is 21.7. The lowest BCUT2D eigenvalue weighted by Crippen LogP contribution is -2.37. The van der Waals surface area contributed by atoms with Gasteiger partial charge < -0.3 is 25.4 Å². The molecule has 32 heavy (non-hydrogen) atoms. The van der Waals surface area contributed by atoms with E-state index < -0.39 is 0 Å². The largest absolute Gasteiger partial charge is 0.493 e. The van der Waals surface area contributed by atoms with Crippen molar-refractivity contribution in [3.8, 4) is 11.5 Å². The van der Waals surface area contributed by atoms with Crippen molar-refractivity contribution in [3.63, 3.8) is 0 Å². The van der Waals surface area contributed by atoms with Crippen LogP contribution in [0.15, 0.2) is 47.5 Å². The normalized spacial score (nSPS) is 10.7. The van der Waals surface area contributed by atoms with Gasteiger partial charge in [-0.25, -0.2) is 4.99 Å². The van der Waals surface area contributed by atoms with Crippen molar-refractivity contribution in [3.05, 3.63) is 53.6 Å². The van der Waals surface area contributed by atoms with Crippen LogP contribution in [0.4, 0.5) is 5.69 Å². The van der Waals surface area contributed by atoms with E-state index >= 15 is 0 Å². The quantitative estimate of drug-likeness (QED) is 0.167. The number of ether oxygens (including phenoxy) is 2. The van der Waals surface area contributed by atoms with Crippen LogP contribution in [0.25, 0.3) is 0 Å². The van der Waals surface area contributed by atoms with E-state index in [1.54, 1.807) is 7.11 Å². The molecule has 2 aromatic carbocycles. The summed E-state index contributed by atoms with van der Waals surface area (Å²) >= 11 is 0. The van der Waals surface area contributed by atoms with E-state index in [1.807, 2.05) is 50.2 Å². The van der Waals surface area contributed by atoms with Crippen molar-refractivity contribution in [2.24, 2.45) is 4.99 Å². The highest BCUT2D eigenvalue weighted by Crippen LogP contribution is 2.28. The van der Waals surface area contributed by atoms with E-state index in [1.165, 1.54) is 12.5 Å². The lowest BCUT2D eigenvalue weighted by molar-refractivity contribution is -0.114. The number of methoxy groups -OCH3 is 1. The zero-order valence-electron chi connectivity index (χ0n) is 19.4. The fraction of sp³-hybridized carbons (Fsp3) is 0.417. The highest BCUT2D eigenvalue weighted by atomic mass is 127. The third-order valence-electron chi connectivity index (χ3n) is 4.47. The van der Waals surface area contributed by atoms with E-state index in [-0.39, 0.29) is 29.9 Å². The first-order chi connectivity index (χ1) is 15.0. The minimum absolute atomic E-state index is 0. The highest BCUT2D eigenvalue weighted by Gasteiger charge is 2.06. The molecule has 0 unspecified atom stereocenters. The van der Waals surface area contributed by atoms with Crippen LogP contribution in [0.5, 0.6) is 11.5 Å². The van der Waals surface area contributed by atoms with Crippen molar-refractivity contribution < 1.29 is 14.3 Å². The number of anilines is 1. The molecule has 0 aliphatic carbocycles. The lowest BCUT2D eigenvalue weighted by atomic mass is 10.1. The molecule has 0 aliphatic rings. The van der Waals surface area contributed by atoms with Crippen molar-refractivity contribution in [2.75, 3.05) is 32.1 Å². The number of nitrogens with zero attached hydrogens (tertiary/aromatic N) is 1. The molecule has 1 amide bonds. The predicted octanol–water partition coefficient (Wildman–Crippen LogP) is 4.36. The van der Waals surface area contributed by atoms with E-state index in [0.29, 0.717) is 13.2 Å². The number of hydrogen-bond acceptors (Lipinski definition) is 4. The van der Waals surface area contributed by atoms with E-state index in [2.05, 4.69) is 27.0 Å². The number of amides is 1. The van der Waals surface area contributed by atoms with Gasteiger partial charge in [0.2, 0.25) is 5.91 Å². The summed E-state index contributed by atoms with van der Waals surface area (Å²) in [5.41, 5.74) is 3.02. The van der Waals surface area contributed by atoms with Crippen molar-refractivity contribution in [1.29, 1.82) is 0 Å². The molecule has 0 atom stereocenters. The smallest absolute Gasteiger partial charge is 0.221 e. The van der Waals surface area contributed by atoms with Gasteiger partial charge in [-0.15, -0.1) is 24.0 Å². The van der Waals surface area contributed by atoms with Crippen LogP contribution in [-0.4, -0.2) is 38.7 Å². The number of carbonyl (C=O) groups is 1. The zero-order chi connectivity index (χ0) is 22.5. The maximum atomic E-state index is 11.2. The van der Waals surface area contributed by atoms with E-state index in [9.17, 15) is 4.79 Å². The third kappa shape index (κ3) is 9.76. The van der Waals surface area contributed by atoms with E-state index in [4.69, 9.17) is 9.47 Å². The summed E-state index contributed by atoms with van der Waals surface area (Å²) in [6, 6.07) is 13.8. The Labute approximate surface area is 208 Å². The number of guanidine groups is 1. The number of rotatable bonds is 11. The number of aliphatic imine (C=N–C) groups is 1. The molecule has 7 nitrogen and oxygen atoms in total. The molecular weight excluding hydrogens is 519 g/mol. The van der Waals surface area contributed by atoms with Gasteiger partial charge in [-0.3, -0.25) is 4.79 Å². The Hall–Kier alpha value is -2.49. The van der Waals surface area contributed by atoms with Crippen LogP contribution in [0.2, 0.25) is 0 Å². The average molecular weight is 554 g/mol. The Bertz CT molecular complexity index is 874. The molecule has 176 valence electrons. The van der Waals surface area contributed by atoms with Gasteiger partial charge in [0, 0.05) is 25.7 Å². The summed E-state index contributed by atoms with van der Waals surface area (Å²) in [5, 5.41) is 9.45. The molecule has 0 spiro atoms. The molecule has 2 rings (SSSR count). The summed E-state index contributed by atoms with van der Waals surface area (Å²) in [4.78, 5) is 15.9. The highest BCUT2D eigenvalue weighted by molar-refractivity contribution is 14.0. The number of carbonyl (C=O) groups excluding carboxylic acids is 1. The van der Waals surface area contributed by atoms with Crippen LogP contribution in [0.1, 0.15) is 38.3 Å². The first kappa shape index (κ1) is 27.5. The van der Waals surface area contributed by atoms with Crippen LogP contribution in [-0.2, 0) is 17.8 Å². The molecule has 2 aromatic rings. The van der Waals surface area contributed by atoms with Crippen LogP contribution < -0.4 is 25.4 Å². The first-order valence-electron chi connectivity index (χ1n) is 10.7. The fourth-order valence-electron chi connectivity index (χ4n) is 3.11. The topological polar surface area (TPSA) is 84.0 Å². The Morgan fingerprint density at radius 2 is 1.84 bits per heavy atom. The van der Waals surface area contributed by atoms with Crippen molar-refractivity contribution in [1.82, 2.24) is 10.6 Å². The summed E-state index contributed by atoms with van der Waals surface area (Å²) < 4.78 is 11.0. The lowest BCUT2D eigenvalue weighted by Gasteiger charge is -2.13. The Morgan fingerprint density at radius 1 is 1.03 bits per heavy atom. The Balaban J connectivity index is 0.00000512. The number of nitrogens with one attached hydrogen (secondary N) is 3. The van der Waals surface area contributed by atoms with Gasteiger partial charge in [-0.1, -0.05) is 18.2 Å². The molecule has 0 heterocycles. The molecular formula is C24H35IN4O3. The molecule has 0 saturated carbocycles. The second-order valence-corrected chi connectivity index (χ2v) is 7.03. The number of benzene rings is 2. The maximum Gasteiger partial charge on any atom is 0.221 e. The fourth-order valence-corrected chi connectivity index (χ4v) is 3.11. The molecule has 0 aliphatic heterocycles.